The zero-order chi connectivity index (χ0) is 21.8. The van der Waals surface area contributed by atoms with Crippen LogP contribution in [0.2, 0.25) is 0 Å². The molecule has 3 aromatic rings. The molecule has 0 bridgehead atoms. The lowest BCUT2D eigenvalue weighted by Crippen LogP contribution is -2.51. The third-order valence-corrected chi connectivity index (χ3v) is 5.86. The molecule has 160 valence electrons. The van der Waals surface area contributed by atoms with Gasteiger partial charge in [-0.2, -0.15) is 18.3 Å². The lowest BCUT2D eigenvalue weighted by Gasteiger charge is -2.38. The number of carbonyl (C=O) groups is 1. The SMILES string of the molecule is Cc1ccc(-c2cc(C(F)(F)F)n3ncc(C(=O)N4CCN5C=CCC5C4)c3n2)cc1. The molecule has 2 aromatic heterocycles. The molecule has 2 aliphatic rings. The lowest BCUT2D eigenvalue weighted by atomic mass is 10.1. The predicted molar refractivity (Wildman–Crippen MR) is 108 cm³/mol. The van der Waals surface area contributed by atoms with E-state index in [1.165, 1.54) is 6.20 Å². The number of aryl methyl sites for hydroxylation is 1. The molecule has 1 aromatic carbocycles. The maximum Gasteiger partial charge on any atom is 0.433 e. The van der Waals surface area contributed by atoms with E-state index in [1.54, 1.807) is 17.0 Å². The Morgan fingerprint density at radius 1 is 1.16 bits per heavy atom. The largest absolute Gasteiger partial charge is 0.433 e. The van der Waals surface area contributed by atoms with Gasteiger partial charge in [0.25, 0.3) is 5.91 Å². The second-order valence-corrected chi connectivity index (χ2v) is 7.95. The van der Waals surface area contributed by atoms with Gasteiger partial charge in [-0.1, -0.05) is 35.9 Å². The van der Waals surface area contributed by atoms with Gasteiger partial charge in [0.2, 0.25) is 0 Å². The summed E-state index contributed by atoms with van der Waals surface area (Å²) in [5.74, 6) is -0.344. The van der Waals surface area contributed by atoms with Crippen LogP contribution in [0.1, 0.15) is 28.0 Å². The Balaban J connectivity index is 1.58. The summed E-state index contributed by atoms with van der Waals surface area (Å²) in [6, 6.07) is 8.25. The molecule has 0 saturated carbocycles. The van der Waals surface area contributed by atoms with Gasteiger partial charge < -0.3 is 9.80 Å². The number of carbonyl (C=O) groups excluding carboxylic acids is 1. The van der Waals surface area contributed by atoms with Crippen molar-refractivity contribution in [2.45, 2.75) is 25.6 Å². The summed E-state index contributed by atoms with van der Waals surface area (Å²) < 4.78 is 42.1. The summed E-state index contributed by atoms with van der Waals surface area (Å²) in [6.07, 6.45) is 1.50. The highest BCUT2D eigenvalue weighted by molar-refractivity contribution is 6.00. The van der Waals surface area contributed by atoms with Crippen LogP contribution < -0.4 is 0 Å². The minimum absolute atomic E-state index is 0.0811. The van der Waals surface area contributed by atoms with Gasteiger partial charge in [-0.3, -0.25) is 4.79 Å². The van der Waals surface area contributed by atoms with Gasteiger partial charge in [0, 0.05) is 31.2 Å². The van der Waals surface area contributed by atoms with Gasteiger partial charge in [0.1, 0.15) is 5.56 Å². The number of hydrogen-bond donors (Lipinski definition) is 0. The Morgan fingerprint density at radius 2 is 1.94 bits per heavy atom. The first-order chi connectivity index (χ1) is 14.8. The molecule has 6 nitrogen and oxygen atoms in total. The number of alkyl halides is 3. The monoisotopic (exact) mass is 427 g/mol. The summed E-state index contributed by atoms with van der Waals surface area (Å²) in [6.45, 7) is 3.62. The van der Waals surface area contributed by atoms with Gasteiger partial charge in [-0.05, 0) is 25.6 Å². The van der Waals surface area contributed by atoms with E-state index in [1.807, 2.05) is 25.3 Å². The van der Waals surface area contributed by atoms with Crippen molar-refractivity contribution in [2.75, 3.05) is 19.6 Å². The minimum atomic E-state index is -4.64. The van der Waals surface area contributed by atoms with Crippen molar-refractivity contribution < 1.29 is 18.0 Å². The highest BCUT2D eigenvalue weighted by Crippen LogP contribution is 2.33. The van der Waals surface area contributed by atoms with Crippen LogP contribution in [-0.4, -0.2) is 56.0 Å². The number of benzene rings is 1. The second kappa shape index (κ2) is 7.11. The van der Waals surface area contributed by atoms with E-state index >= 15 is 0 Å². The zero-order valence-electron chi connectivity index (χ0n) is 16.8. The summed E-state index contributed by atoms with van der Waals surface area (Å²) in [4.78, 5) is 21.5. The van der Waals surface area contributed by atoms with Crippen molar-refractivity contribution in [1.82, 2.24) is 24.4 Å². The van der Waals surface area contributed by atoms with Gasteiger partial charge in [-0.25, -0.2) is 9.50 Å². The smallest absolute Gasteiger partial charge is 0.371 e. The topological polar surface area (TPSA) is 53.7 Å². The first-order valence-electron chi connectivity index (χ1n) is 10.1. The van der Waals surface area contributed by atoms with Gasteiger partial charge in [0.15, 0.2) is 11.3 Å². The van der Waals surface area contributed by atoms with E-state index in [0.29, 0.717) is 25.2 Å². The quantitative estimate of drug-likeness (QED) is 0.625. The summed E-state index contributed by atoms with van der Waals surface area (Å²) in [5.41, 5.74) is 0.725. The van der Waals surface area contributed by atoms with Crippen molar-refractivity contribution in [3.8, 4) is 11.3 Å². The molecule has 1 amide bonds. The standard InChI is InChI=1S/C22H20F3N5O/c1-14-4-6-15(7-5-14)18-11-19(22(23,24)25)30-20(27-18)17(12-26-30)21(31)29-10-9-28-8-2-3-16(28)13-29/h2,4-8,11-12,16H,3,9-10,13H2,1H3. The highest BCUT2D eigenvalue weighted by Gasteiger charge is 2.37. The van der Waals surface area contributed by atoms with Crippen molar-refractivity contribution in [3.63, 3.8) is 0 Å². The molecule has 0 spiro atoms. The van der Waals surface area contributed by atoms with E-state index in [4.69, 9.17) is 0 Å². The van der Waals surface area contributed by atoms with Crippen LogP contribution in [0.25, 0.3) is 16.9 Å². The Bertz CT molecular complexity index is 1180. The molecular formula is C22H20F3N5O. The van der Waals surface area contributed by atoms with E-state index in [9.17, 15) is 18.0 Å². The fraction of sp³-hybridized carbons (Fsp3) is 0.318. The first-order valence-corrected chi connectivity index (χ1v) is 10.1. The number of halogens is 3. The molecule has 1 atom stereocenters. The van der Waals surface area contributed by atoms with Gasteiger partial charge in [-0.15, -0.1) is 0 Å². The van der Waals surface area contributed by atoms with E-state index in [0.717, 1.165) is 22.6 Å². The Hall–Kier alpha value is -3.36. The summed E-state index contributed by atoms with van der Waals surface area (Å²) in [7, 11) is 0. The Kier molecular flexibility index (Phi) is 4.49. The third-order valence-electron chi connectivity index (χ3n) is 5.86. The maximum absolute atomic E-state index is 13.8. The molecule has 0 aliphatic carbocycles. The maximum atomic E-state index is 13.8. The van der Waals surface area contributed by atoms with E-state index in [-0.39, 0.29) is 28.9 Å². The number of fused-ring (bicyclic) bond motifs is 2. The summed E-state index contributed by atoms with van der Waals surface area (Å²) in [5, 5.41) is 3.88. The lowest BCUT2D eigenvalue weighted by molar-refractivity contribution is -0.142. The van der Waals surface area contributed by atoms with Crippen LogP contribution in [0.3, 0.4) is 0 Å². The molecular weight excluding hydrogens is 407 g/mol. The van der Waals surface area contributed by atoms with Gasteiger partial charge >= 0.3 is 6.18 Å². The summed E-state index contributed by atoms with van der Waals surface area (Å²) >= 11 is 0. The van der Waals surface area contributed by atoms with Gasteiger partial charge in [0.05, 0.1) is 11.9 Å². The van der Waals surface area contributed by atoms with Crippen molar-refractivity contribution in [1.29, 1.82) is 0 Å². The third kappa shape index (κ3) is 3.43. The van der Waals surface area contributed by atoms with Crippen LogP contribution in [-0.2, 0) is 6.18 Å². The van der Waals surface area contributed by atoms with E-state index in [2.05, 4.69) is 21.1 Å². The average molecular weight is 427 g/mol. The number of piperazine rings is 1. The zero-order valence-corrected chi connectivity index (χ0v) is 16.8. The van der Waals surface area contributed by atoms with E-state index < -0.39 is 11.9 Å². The van der Waals surface area contributed by atoms with Crippen molar-refractivity contribution >= 4 is 11.6 Å². The number of nitrogens with zero attached hydrogens (tertiary/aromatic N) is 5. The fourth-order valence-corrected chi connectivity index (χ4v) is 4.17. The van der Waals surface area contributed by atoms with Crippen LogP contribution in [0, 0.1) is 6.92 Å². The molecule has 31 heavy (non-hydrogen) atoms. The minimum Gasteiger partial charge on any atom is -0.371 e. The predicted octanol–water partition coefficient (Wildman–Crippen LogP) is 3.77. The Morgan fingerprint density at radius 3 is 2.68 bits per heavy atom. The molecule has 0 N–H and O–H groups in total. The molecule has 4 heterocycles. The van der Waals surface area contributed by atoms with Crippen LogP contribution in [0.5, 0.6) is 0 Å². The number of amides is 1. The average Bonchev–Trinajstić information content (AvgIpc) is 3.38. The molecule has 5 rings (SSSR count). The number of aromatic nitrogens is 3. The van der Waals surface area contributed by atoms with Crippen molar-refractivity contribution in [3.05, 3.63) is 65.6 Å². The number of hydrogen-bond acceptors (Lipinski definition) is 4. The highest BCUT2D eigenvalue weighted by atomic mass is 19.4. The molecule has 2 aliphatic heterocycles. The van der Waals surface area contributed by atoms with Crippen LogP contribution >= 0.6 is 0 Å². The molecule has 1 unspecified atom stereocenters. The van der Waals surface area contributed by atoms with Crippen LogP contribution in [0.4, 0.5) is 13.2 Å². The fourth-order valence-electron chi connectivity index (χ4n) is 4.17. The number of rotatable bonds is 2. The Labute approximate surface area is 176 Å². The normalized spacial score (nSPS) is 18.6. The first kappa shape index (κ1) is 19.6. The molecule has 1 saturated heterocycles. The van der Waals surface area contributed by atoms with Crippen molar-refractivity contribution in [2.24, 2.45) is 0 Å². The van der Waals surface area contributed by atoms with Crippen LogP contribution in [0.15, 0.2) is 48.8 Å². The molecule has 1 fully saturated rings. The molecule has 9 heteroatoms. The second-order valence-electron chi connectivity index (χ2n) is 7.95. The molecule has 0 radical (unpaired) electrons.